The zero-order valence-electron chi connectivity index (χ0n) is 20.6. The van der Waals surface area contributed by atoms with Crippen LogP contribution >= 0.6 is 23.4 Å². The predicted molar refractivity (Wildman–Crippen MR) is 143 cm³/mol. The molecular formula is C28H33ClF2N2O2S. The lowest BCUT2D eigenvalue weighted by Gasteiger charge is -2.41. The summed E-state index contributed by atoms with van der Waals surface area (Å²) in [6.07, 6.45) is 3.75. The maximum Gasteiger partial charge on any atom is 0.136 e. The van der Waals surface area contributed by atoms with Crippen molar-refractivity contribution in [2.75, 3.05) is 39.1 Å². The molecule has 0 bridgehead atoms. The fraction of sp³-hybridized carbons (Fsp3) is 0.464. The first-order valence-electron chi connectivity index (χ1n) is 12.4. The molecule has 4 rings (SSSR count). The molecule has 0 unspecified atom stereocenters. The van der Waals surface area contributed by atoms with Crippen LogP contribution in [0.15, 0.2) is 53.6 Å². The number of hydrogen-bond acceptors (Lipinski definition) is 5. The van der Waals surface area contributed by atoms with E-state index < -0.39 is 6.17 Å². The molecule has 3 aromatic rings. The number of methoxy groups -OCH3 is 1. The molecule has 4 nitrogen and oxygen atoms in total. The molecule has 194 valence electrons. The van der Waals surface area contributed by atoms with Gasteiger partial charge in [0.1, 0.15) is 17.7 Å². The first kappa shape index (κ1) is 27.1. The summed E-state index contributed by atoms with van der Waals surface area (Å²) in [5.41, 5.74) is 0.838. The zero-order valence-corrected chi connectivity index (χ0v) is 22.1. The minimum atomic E-state index is -1.26. The SMILES string of the molecule is COc1ccc2ncc(Cl)c([C@@H](F)CCC3(CO)CCN(CCCSc4ccccc4F)CC3)c2c1. The van der Waals surface area contributed by atoms with E-state index in [1.165, 1.54) is 12.3 Å². The Balaban J connectivity index is 1.30. The summed E-state index contributed by atoms with van der Waals surface area (Å²) in [5, 5.41) is 11.2. The third kappa shape index (κ3) is 6.49. The Kier molecular flexibility index (Phi) is 9.45. The Morgan fingerprint density at radius 2 is 2.00 bits per heavy atom. The molecule has 1 aliphatic rings. The van der Waals surface area contributed by atoms with Crippen LogP contribution in [0.2, 0.25) is 5.02 Å². The van der Waals surface area contributed by atoms with Crippen molar-refractivity contribution in [1.82, 2.24) is 9.88 Å². The van der Waals surface area contributed by atoms with Gasteiger partial charge in [0.05, 0.1) is 17.6 Å². The lowest BCUT2D eigenvalue weighted by atomic mass is 9.74. The molecule has 8 heteroatoms. The average molecular weight is 535 g/mol. The van der Waals surface area contributed by atoms with Crippen LogP contribution in [-0.2, 0) is 0 Å². The molecule has 1 aromatic heterocycles. The molecule has 1 saturated heterocycles. The third-order valence-electron chi connectivity index (χ3n) is 7.27. The Bertz CT molecular complexity index is 1160. The average Bonchev–Trinajstić information content (AvgIpc) is 2.91. The molecule has 0 aliphatic carbocycles. The van der Waals surface area contributed by atoms with E-state index in [-0.39, 0.29) is 24.3 Å². The van der Waals surface area contributed by atoms with Gasteiger partial charge in [-0.25, -0.2) is 8.78 Å². The van der Waals surface area contributed by atoms with E-state index >= 15 is 4.39 Å². The maximum atomic E-state index is 15.6. The van der Waals surface area contributed by atoms with Crippen LogP contribution in [0.1, 0.15) is 43.8 Å². The van der Waals surface area contributed by atoms with Crippen molar-refractivity contribution in [3.8, 4) is 5.75 Å². The van der Waals surface area contributed by atoms with Gasteiger partial charge in [0.25, 0.3) is 0 Å². The van der Waals surface area contributed by atoms with Gasteiger partial charge in [0, 0.05) is 28.6 Å². The molecule has 0 amide bonds. The van der Waals surface area contributed by atoms with E-state index in [2.05, 4.69) is 9.88 Å². The van der Waals surface area contributed by atoms with Crippen molar-refractivity contribution in [3.05, 3.63) is 65.1 Å². The molecule has 1 N–H and O–H groups in total. The van der Waals surface area contributed by atoms with Gasteiger partial charge < -0.3 is 14.7 Å². The summed E-state index contributed by atoms with van der Waals surface area (Å²) in [4.78, 5) is 7.40. The molecule has 0 saturated carbocycles. The summed E-state index contributed by atoms with van der Waals surface area (Å²) >= 11 is 7.94. The van der Waals surface area contributed by atoms with E-state index in [9.17, 15) is 9.50 Å². The Labute approximate surface area is 221 Å². The lowest BCUT2D eigenvalue weighted by Crippen LogP contribution is -2.42. The molecule has 2 aromatic carbocycles. The standard InChI is InChI=1S/C28H33ClF2N2O2S/c1-35-20-7-8-25-21(17-20)27(22(29)18-32-25)24(31)9-10-28(19-34)11-14-33(15-12-28)13-4-16-36-26-6-3-2-5-23(26)30/h2-3,5-8,17-18,24,34H,4,9-16,19H2,1H3/t24-/m0/s1. The van der Waals surface area contributed by atoms with E-state index in [0.717, 1.165) is 44.6 Å². The van der Waals surface area contributed by atoms with Gasteiger partial charge in [-0.2, -0.15) is 0 Å². The van der Waals surface area contributed by atoms with Crippen molar-refractivity contribution in [2.24, 2.45) is 5.41 Å². The number of hydrogen-bond donors (Lipinski definition) is 1. The van der Waals surface area contributed by atoms with Crippen molar-refractivity contribution >= 4 is 34.3 Å². The smallest absolute Gasteiger partial charge is 0.136 e. The van der Waals surface area contributed by atoms with Gasteiger partial charge in [-0.05, 0) is 93.2 Å². The van der Waals surface area contributed by atoms with Crippen molar-refractivity contribution in [3.63, 3.8) is 0 Å². The number of halogens is 3. The summed E-state index contributed by atoms with van der Waals surface area (Å²) in [6, 6.07) is 12.2. The fourth-order valence-corrected chi connectivity index (χ4v) is 6.10. The van der Waals surface area contributed by atoms with Crippen LogP contribution in [0.5, 0.6) is 5.75 Å². The Hall–Kier alpha value is -1.93. The molecule has 1 fully saturated rings. The second kappa shape index (κ2) is 12.5. The lowest BCUT2D eigenvalue weighted by molar-refractivity contribution is 0.0304. The van der Waals surface area contributed by atoms with E-state index in [4.69, 9.17) is 16.3 Å². The normalized spacial score (nSPS) is 16.8. The third-order valence-corrected chi connectivity index (χ3v) is 8.71. The molecular weight excluding hydrogens is 502 g/mol. The highest BCUT2D eigenvalue weighted by Crippen LogP contribution is 2.42. The number of fused-ring (bicyclic) bond motifs is 1. The van der Waals surface area contributed by atoms with Crippen LogP contribution < -0.4 is 4.74 Å². The number of pyridine rings is 1. The summed E-state index contributed by atoms with van der Waals surface area (Å²) in [6.45, 7) is 2.74. The van der Waals surface area contributed by atoms with Gasteiger partial charge in [0.15, 0.2) is 0 Å². The largest absolute Gasteiger partial charge is 0.497 e. The molecule has 1 aliphatic heterocycles. The highest BCUT2D eigenvalue weighted by Gasteiger charge is 2.35. The van der Waals surface area contributed by atoms with Crippen molar-refractivity contribution < 1.29 is 18.6 Å². The molecule has 36 heavy (non-hydrogen) atoms. The number of nitrogens with zero attached hydrogens (tertiary/aromatic N) is 2. The monoisotopic (exact) mass is 534 g/mol. The number of rotatable bonds is 11. The van der Waals surface area contributed by atoms with Crippen LogP contribution in [0.3, 0.4) is 0 Å². The second-order valence-electron chi connectivity index (χ2n) is 9.54. The van der Waals surface area contributed by atoms with Crippen LogP contribution in [-0.4, -0.2) is 54.1 Å². The van der Waals surface area contributed by atoms with Crippen molar-refractivity contribution in [2.45, 2.75) is 43.2 Å². The van der Waals surface area contributed by atoms with E-state index in [0.29, 0.717) is 38.6 Å². The second-order valence-corrected chi connectivity index (χ2v) is 11.1. The van der Waals surface area contributed by atoms with Crippen LogP contribution in [0.25, 0.3) is 10.9 Å². The molecule has 0 radical (unpaired) electrons. The van der Waals surface area contributed by atoms with Crippen molar-refractivity contribution in [1.29, 1.82) is 0 Å². The van der Waals surface area contributed by atoms with E-state index in [1.807, 2.05) is 12.1 Å². The minimum absolute atomic E-state index is 0.0509. The molecule has 0 spiro atoms. The number of thioether (sulfide) groups is 1. The van der Waals surface area contributed by atoms with Gasteiger partial charge >= 0.3 is 0 Å². The number of piperidine rings is 1. The Morgan fingerprint density at radius 1 is 1.22 bits per heavy atom. The number of benzene rings is 2. The van der Waals surface area contributed by atoms with Gasteiger partial charge in [-0.1, -0.05) is 23.7 Å². The highest BCUT2D eigenvalue weighted by atomic mass is 35.5. The predicted octanol–water partition coefficient (Wildman–Crippen LogP) is 7.08. The minimum Gasteiger partial charge on any atom is -0.497 e. The molecule has 2 heterocycles. The topological polar surface area (TPSA) is 45.6 Å². The molecule has 1 atom stereocenters. The summed E-state index contributed by atoms with van der Waals surface area (Å²) in [7, 11) is 1.57. The van der Waals surface area contributed by atoms with Gasteiger partial charge in [0.2, 0.25) is 0 Å². The first-order chi connectivity index (χ1) is 17.4. The number of likely N-dealkylation sites (tertiary alicyclic amines) is 1. The van der Waals surface area contributed by atoms with Crippen LogP contribution in [0, 0.1) is 11.2 Å². The Morgan fingerprint density at radius 3 is 2.72 bits per heavy atom. The maximum absolute atomic E-state index is 15.6. The van der Waals surface area contributed by atoms with Gasteiger partial charge in [-0.3, -0.25) is 4.98 Å². The number of aromatic nitrogens is 1. The van der Waals surface area contributed by atoms with Crippen LogP contribution in [0.4, 0.5) is 8.78 Å². The van der Waals surface area contributed by atoms with E-state index in [1.54, 1.807) is 43.1 Å². The fourth-order valence-electron chi connectivity index (χ4n) is 4.96. The number of aliphatic hydroxyl groups is 1. The number of ether oxygens (including phenoxy) is 1. The highest BCUT2D eigenvalue weighted by molar-refractivity contribution is 7.99. The quantitative estimate of drug-likeness (QED) is 0.210. The summed E-state index contributed by atoms with van der Waals surface area (Å²) < 4.78 is 34.7. The number of alkyl halides is 1. The first-order valence-corrected chi connectivity index (χ1v) is 13.8. The summed E-state index contributed by atoms with van der Waals surface area (Å²) in [5.74, 6) is 1.32. The number of aliphatic hydroxyl groups excluding tert-OH is 1. The zero-order chi connectivity index (χ0) is 25.5. The van der Waals surface area contributed by atoms with Gasteiger partial charge in [-0.15, -0.1) is 11.8 Å².